The van der Waals surface area contributed by atoms with Gasteiger partial charge in [-0.2, -0.15) is 13.2 Å². The molecule has 8 nitrogen and oxygen atoms in total. The third kappa shape index (κ3) is 8.36. The summed E-state index contributed by atoms with van der Waals surface area (Å²) >= 11 is 0. The van der Waals surface area contributed by atoms with Crippen LogP contribution in [0.15, 0.2) is 42.5 Å². The summed E-state index contributed by atoms with van der Waals surface area (Å²) in [6.45, 7) is -0.673. The summed E-state index contributed by atoms with van der Waals surface area (Å²) in [6.07, 6.45) is -3.61. The normalized spacial score (nSPS) is 13.6. The molecular formula is C21H25F3N2O6P+. The lowest BCUT2D eigenvalue weighted by Gasteiger charge is -2.24. The van der Waals surface area contributed by atoms with Gasteiger partial charge in [-0.05, 0) is 53.5 Å². The van der Waals surface area contributed by atoms with Gasteiger partial charge in [0.2, 0.25) is 0 Å². The number of ether oxygens (including phenoxy) is 1. The Morgan fingerprint density at radius 2 is 1.85 bits per heavy atom. The van der Waals surface area contributed by atoms with Crippen molar-refractivity contribution in [1.82, 2.24) is 0 Å². The van der Waals surface area contributed by atoms with Crippen LogP contribution in [0.1, 0.15) is 29.5 Å². The first-order valence-electron chi connectivity index (χ1n) is 10.0. The molecule has 0 amide bonds. The van der Waals surface area contributed by atoms with Gasteiger partial charge in [-0.3, -0.25) is 10.1 Å². The maximum absolute atomic E-state index is 13.6. The van der Waals surface area contributed by atoms with Crippen molar-refractivity contribution in [2.24, 2.45) is 5.73 Å². The van der Waals surface area contributed by atoms with Crippen LogP contribution >= 0.6 is 8.69 Å². The first-order chi connectivity index (χ1) is 15.6. The number of aliphatic hydroxyl groups is 1. The molecule has 0 spiro atoms. The van der Waals surface area contributed by atoms with E-state index in [1.54, 1.807) is 12.1 Å². The predicted octanol–water partition coefficient (Wildman–Crippen LogP) is 4.20. The van der Waals surface area contributed by atoms with Gasteiger partial charge in [0.1, 0.15) is 12.4 Å². The number of alkyl halides is 3. The van der Waals surface area contributed by atoms with Gasteiger partial charge < -0.3 is 15.6 Å². The molecule has 0 saturated heterocycles. The maximum atomic E-state index is 13.6. The van der Waals surface area contributed by atoms with Crippen LogP contribution in [0.4, 0.5) is 18.9 Å². The van der Waals surface area contributed by atoms with E-state index in [0.29, 0.717) is 24.0 Å². The summed E-state index contributed by atoms with van der Waals surface area (Å²) in [5, 5.41) is 20.3. The van der Waals surface area contributed by atoms with Gasteiger partial charge in [-0.15, -0.1) is 4.52 Å². The molecule has 2 aromatic rings. The lowest BCUT2D eigenvalue weighted by molar-refractivity contribution is -0.384. The van der Waals surface area contributed by atoms with Crippen LogP contribution in [0.3, 0.4) is 0 Å². The second-order valence-corrected chi connectivity index (χ2v) is 8.06. The Labute approximate surface area is 189 Å². The van der Waals surface area contributed by atoms with Crippen molar-refractivity contribution in [3.8, 4) is 5.75 Å². The van der Waals surface area contributed by atoms with E-state index in [-0.39, 0.29) is 37.5 Å². The summed E-state index contributed by atoms with van der Waals surface area (Å²) in [7, 11) is -1.05. The number of rotatable bonds is 13. The summed E-state index contributed by atoms with van der Waals surface area (Å²) in [6, 6.07) is 9.73. The van der Waals surface area contributed by atoms with Crippen LogP contribution in [-0.2, 0) is 28.1 Å². The molecule has 0 aliphatic carbocycles. The fourth-order valence-corrected chi connectivity index (χ4v) is 3.47. The Bertz CT molecular complexity index is 960. The monoisotopic (exact) mass is 489 g/mol. The van der Waals surface area contributed by atoms with E-state index < -0.39 is 37.5 Å². The van der Waals surface area contributed by atoms with Crippen molar-refractivity contribution >= 4 is 14.4 Å². The minimum atomic E-state index is -4.64. The van der Waals surface area contributed by atoms with E-state index in [9.17, 15) is 33.0 Å². The molecule has 0 saturated carbocycles. The highest BCUT2D eigenvalue weighted by Gasteiger charge is 2.35. The number of benzene rings is 2. The smallest absolute Gasteiger partial charge is 0.493 e. The molecule has 0 aliphatic heterocycles. The van der Waals surface area contributed by atoms with E-state index in [1.807, 2.05) is 0 Å². The molecule has 2 aromatic carbocycles. The van der Waals surface area contributed by atoms with Gasteiger partial charge in [0.25, 0.3) is 5.69 Å². The zero-order chi connectivity index (χ0) is 24.5. The molecule has 2 rings (SSSR count). The number of halogens is 3. The van der Waals surface area contributed by atoms with Crippen molar-refractivity contribution in [1.29, 1.82) is 0 Å². The third-order valence-electron chi connectivity index (χ3n) is 4.98. The Morgan fingerprint density at radius 3 is 2.48 bits per heavy atom. The molecule has 33 heavy (non-hydrogen) atoms. The molecule has 0 aliphatic rings. The molecule has 180 valence electrons. The van der Waals surface area contributed by atoms with Gasteiger partial charge in [0.15, 0.2) is 0 Å². The minimum Gasteiger partial charge on any atom is -0.493 e. The number of nitrogens with two attached hydrogens (primary N) is 1. The highest BCUT2D eigenvalue weighted by molar-refractivity contribution is 7.17. The van der Waals surface area contributed by atoms with Crippen LogP contribution in [0.5, 0.6) is 5.75 Å². The Kier molecular flexibility index (Phi) is 9.72. The van der Waals surface area contributed by atoms with Gasteiger partial charge in [0.05, 0.1) is 29.2 Å². The molecular weight excluding hydrogens is 464 g/mol. The first-order valence-corrected chi connectivity index (χ1v) is 10.8. The first kappa shape index (κ1) is 26.7. The largest absolute Gasteiger partial charge is 0.494 e. The van der Waals surface area contributed by atoms with Crippen LogP contribution in [-0.4, -0.2) is 35.4 Å². The Hall–Kier alpha value is -2.59. The molecule has 0 radical (unpaired) electrons. The second kappa shape index (κ2) is 12.0. The highest BCUT2D eigenvalue weighted by atomic mass is 31.1. The number of aryl methyl sites for hydroxylation is 2. The third-order valence-corrected chi connectivity index (χ3v) is 5.25. The van der Waals surface area contributed by atoms with E-state index in [2.05, 4.69) is 0 Å². The summed E-state index contributed by atoms with van der Waals surface area (Å²) in [4.78, 5) is 10.3. The van der Waals surface area contributed by atoms with Crippen LogP contribution in [0.2, 0.25) is 0 Å². The van der Waals surface area contributed by atoms with Crippen LogP contribution in [0.25, 0.3) is 0 Å². The lowest BCUT2D eigenvalue weighted by atomic mass is 9.93. The zero-order valence-electron chi connectivity index (χ0n) is 17.6. The number of hydrogen-bond acceptors (Lipinski definition) is 7. The van der Waals surface area contributed by atoms with E-state index in [1.165, 1.54) is 24.3 Å². The SMILES string of the molecule is NC(CO)(CCc1ccc(OCCCc2cccc([N+](=O)[O-])c2)c(C(F)(F)F)c1)CO[PH+]=O. The van der Waals surface area contributed by atoms with Gasteiger partial charge >= 0.3 is 14.9 Å². The molecule has 0 bridgehead atoms. The van der Waals surface area contributed by atoms with Gasteiger partial charge in [0, 0.05) is 12.1 Å². The van der Waals surface area contributed by atoms with Crippen LogP contribution < -0.4 is 10.5 Å². The van der Waals surface area contributed by atoms with Crippen LogP contribution in [0, 0.1) is 10.1 Å². The van der Waals surface area contributed by atoms with Crippen molar-refractivity contribution in [3.05, 3.63) is 69.3 Å². The topological polar surface area (TPSA) is 125 Å². The molecule has 3 N–H and O–H groups in total. The number of nitro groups is 1. The van der Waals surface area contributed by atoms with Crippen molar-refractivity contribution < 1.29 is 37.0 Å². The van der Waals surface area contributed by atoms with E-state index in [4.69, 9.17) is 15.0 Å². The summed E-state index contributed by atoms with van der Waals surface area (Å²) in [5.41, 5.74) is 4.78. The predicted molar refractivity (Wildman–Crippen MR) is 116 cm³/mol. The molecule has 12 heteroatoms. The highest BCUT2D eigenvalue weighted by Crippen LogP contribution is 2.37. The van der Waals surface area contributed by atoms with Crippen molar-refractivity contribution in [2.75, 3.05) is 19.8 Å². The maximum Gasteiger partial charge on any atom is 0.494 e. The Morgan fingerprint density at radius 1 is 1.12 bits per heavy atom. The minimum absolute atomic E-state index is 0.00511. The molecule has 2 atom stereocenters. The number of hydrogen-bond donors (Lipinski definition) is 2. The van der Waals surface area contributed by atoms with Gasteiger partial charge in [-0.25, -0.2) is 0 Å². The Balaban J connectivity index is 2.02. The summed E-state index contributed by atoms with van der Waals surface area (Å²) < 4.78 is 61.3. The molecule has 2 unspecified atom stereocenters. The molecule has 0 heterocycles. The van der Waals surface area contributed by atoms with Gasteiger partial charge in [-0.1, -0.05) is 18.2 Å². The molecule has 0 fully saturated rings. The lowest BCUT2D eigenvalue weighted by Crippen LogP contribution is -2.47. The number of nitrogens with zero attached hydrogens (tertiary/aromatic N) is 1. The summed E-state index contributed by atoms with van der Waals surface area (Å²) in [5.74, 6) is -0.317. The zero-order valence-corrected chi connectivity index (χ0v) is 18.6. The average Bonchev–Trinajstić information content (AvgIpc) is 2.79. The van der Waals surface area contributed by atoms with E-state index >= 15 is 0 Å². The van der Waals surface area contributed by atoms with E-state index in [0.717, 1.165) is 6.07 Å². The number of aliphatic hydroxyl groups excluding tert-OH is 1. The molecule has 0 aromatic heterocycles. The standard InChI is InChI=1S/C21H25F3N2O6P/c22-21(23,24)18-12-16(8-9-20(25,13-27)14-32-33-30)6-7-19(18)31-10-2-4-15-3-1-5-17(11-15)26(28)29/h1,3,5-7,11-12,27,33H,2,4,8-10,13-14,25H2/q+1. The number of nitro benzene ring substituents is 1. The van der Waals surface area contributed by atoms with Crippen molar-refractivity contribution in [2.45, 2.75) is 37.4 Å². The van der Waals surface area contributed by atoms with Crippen molar-refractivity contribution in [3.63, 3.8) is 0 Å². The fourth-order valence-electron chi connectivity index (χ4n) is 3.13. The average molecular weight is 489 g/mol. The fraction of sp³-hybridized carbons (Fsp3) is 0.429. The second-order valence-electron chi connectivity index (χ2n) is 7.60. The quantitative estimate of drug-likeness (QED) is 0.187. The number of non-ortho nitro benzene ring substituents is 1.